The van der Waals surface area contributed by atoms with Crippen molar-refractivity contribution >= 4 is 527 Å². The third-order valence-corrected chi connectivity index (χ3v) is 464. The second-order valence-electron chi connectivity index (χ2n) is 10.4. The first-order chi connectivity index (χ1) is 30.0. The molecule has 66 heteroatoms. The smallest absolute Gasteiger partial charge is 0.00000941 e. The van der Waals surface area contributed by atoms with Gasteiger partial charge in [0.05, 0.1) is 0 Å². The van der Waals surface area contributed by atoms with Crippen LogP contribution in [0.25, 0.3) is 0 Å². The van der Waals surface area contributed by atoms with Crippen molar-refractivity contribution in [2.45, 2.75) is 0 Å². The van der Waals surface area contributed by atoms with Gasteiger partial charge in [0.1, 0.15) is 0 Å². The second-order valence-corrected chi connectivity index (χ2v) is 281. The van der Waals surface area contributed by atoms with Crippen LogP contribution in [0.4, 0.5) is 0 Å². The van der Waals surface area contributed by atoms with Crippen LogP contribution in [-0.2, 0) is 0 Å². The van der Waals surface area contributed by atoms with Crippen LogP contribution in [0.3, 0.4) is 0 Å². The molecule has 0 heterocycles. The Morgan fingerprint density at radius 1 is 0.121 bits per heavy atom. The summed E-state index contributed by atoms with van der Waals surface area (Å²) in [7, 11) is 124. The van der Waals surface area contributed by atoms with Gasteiger partial charge in [0.2, 0.25) is 0 Å². The fraction of sp³-hybridized carbons (Fsp3) is 0. The predicted molar refractivity (Wildman–Crippen MR) is 549 cm³/mol. The highest BCUT2D eigenvalue weighted by Crippen LogP contribution is 3.49. The molecule has 0 nitrogen and oxygen atoms in total. The van der Waals surface area contributed by atoms with E-state index in [0.29, 0.717) is 0 Å². The summed E-state index contributed by atoms with van der Waals surface area (Å²) >= 11 is 0. The van der Waals surface area contributed by atoms with Crippen molar-refractivity contribution in [3.63, 3.8) is 0 Å². The first-order valence-electron chi connectivity index (χ1n) is 14.9. The summed E-state index contributed by atoms with van der Waals surface area (Å²) in [6.07, 6.45) is 0. The Bertz CT molecular complexity index is 1060. The van der Waals surface area contributed by atoms with Crippen molar-refractivity contribution in [3.05, 3.63) is 0 Å². The lowest BCUT2D eigenvalue weighted by atomic mass is 28.4. The first kappa shape index (κ1) is 94.4. The van der Waals surface area contributed by atoms with Crippen molar-refractivity contribution in [1.82, 2.24) is 0 Å². The van der Waals surface area contributed by atoms with Crippen LogP contribution in [0.1, 0.15) is 0 Å². The van der Waals surface area contributed by atoms with E-state index in [0.717, 1.165) is 0 Å². The molecule has 0 rings (SSSR count). The molecule has 0 aliphatic rings. The van der Waals surface area contributed by atoms with Gasteiger partial charge in [-0.1, -0.05) is 17.9 Å². The summed E-state index contributed by atoms with van der Waals surface area (Å²) in [5, 5.41) is 0. The Morgan fingerprint density at radius 3 is 0.303 bits per heavy atom. The zero-order valence-corrected chi connectivity index (χ0v) is 101. The van der Waals surface area contributed by atoms with Crippen LogP contribution in [0.15, 0.2) is 0 Å². The summed E-state index contributed by atoms with van der Waals surface area (Å²) in [6, 6.07) is 0. The predicted octanol–water partition coefficient (Wildman–Crippen LogP) is 39.2. The van der Waals surface area contributed by atoms with Gasteiger partial charge in [0.15, 0.2) is 0 Å². The minimum absolute atomic E-state index is 0.241. The van der Waals surface area contributed by atoms with E-state index < -0.39 is 6.99 Å². The molecular formula is H66P66. The highest BCUT2D eigenvalue weighted by atomic mass is 33.6. The molecule has 2 radical (unpaired) electrons. The molecule has 396 valence electrons. The standard InChI is InChI=1S/H66P66/c1-35(2)52(36(3)4)60(51(33)34)64(59(49(29)30)50(31)32)66(63(57(45(21)22)46(23)24)58(47(25)26)48(27)28)65(61(53(37(5)6)38(7)8)54(39(9)10)40(11)12)62(55(41(13)14)42(15)16)56(43(17)18)44(19)20/h1-2H,3-34H2. The molecule has 0 aliphatic carbocycles. The van der Waals surface area contributed by atoms with E-state index in [1.807, 2.05) is 0 Å². The van der Waals surface area contributed by atoms with Gasteiger partial charge in [-0.25, -0.2) is 0 Å². The van der Waals surface area contributed by atoms with Crippen LogP contribution in [-0.4, -0.2) is 0 Å². The molecule has 0 bridgehead atoms. The average Bonchev–Trinajstić information content (AvgIpc) is 3.08. The quantitative estimate of drug-likeness (QED) is 0.0607. The number of rotatable bonds is 31. The maximum atomic E-state index is 4.57. The van der Waals surface area contributed by atoms with Crippen LogP contribution in [0, 0.1) is 0 Å². The Labute approximate surface area is 519 Å². The zero-order valence-electron chi connectivity index (χ0n) is 33.8. The molecule has 0 N–H and O–H groups in total. The van der Waals surface area contributed by atoms with E-state index in [4.69, 9.17) is 0 Å². The first-order valence-corrected chi connectivity index (χ1v) is 134. The Balaban J connectivity index is 11.3. The monoisotopic (exact) mass is 2110 g/mol. The normalized spacial score (nSPS) is 15.9. The third kappa shape index (κ3) is 33.2. The van der Waals surface area contributed by atoms with Gasteiger partial charge < -0.3 is 0 Å². The molecular weight excluding hydrogens is 2040 g/mol. The van der Waals surface area contributed by atoms with E-state index in [9.17, 15) is 0 Å². The van der Waals surface area contributed by atoms with Crippen LogP contribution < -0.4 is 0 Å². The lowest BCUT2D eigenvalue weighted by Crippen LogP contribution is -1.73. The zero-order chi connectivity index (χ0) is 52.5. The molecule has 0 aromatic rings. The van der Waals surface area contributed by atoms with Crippen molar-refractivity contribution in [3.8, 4) is 0 Å². The van der Waals surface area contributed by atoms with Gasteiger partial charge >= 0.3 is 0 Å². The van der Waals surface area contributed by atoms with Gasteiger partial charge in [0, 0.05) is 0 Å². The van der Waals surface area contributed by atoms with E-state index in [1.54, 1.807) is 0 Å². The maximum Gasteiger partial charge on any atom is -0.00000941 e. The summed E-state index contributed by atoms with van der Waals surface area (Å²) < 4.78 is 0. The summed E-state index contributed by atoms with van der Waals surface area (Å²) in [4.78, 5) is 0. The van der Waals surface area contributed by atoms with Crippen molar-refractivity contribution in [2.75, 3.05) is 0 Å². The topological polar surface area (TPSA) is 0 Å². The molecule has 0 aromatic carbocycles. The summed E-state index contributed by atoms with van der Waals surface area (Å²) in [5.74, 6) is 0. The van der Waals surface area contributed by atoms with E-state index in [2.05, 4.69) is 304 Å². The van der Waals surface area contributed by atoms with Gasteiger partial charge in [0.25, 0.3) is 0 Å². The van der Waals surface area contributed by atoms with Gasteiger partial charge in [-0.05, 0) is 224 Å². The molecule has 36 unspecified atom stereocenters. The van der Waals surface area contributed by atoms with Crippen LogP contribution in [0.2, 0.25) is 0 Å². The van der Waals surface area contributed by atoms with Crippen LogP contribution in [0.5, 0.6) is 0 Å². The van der Waals surface area contributed by atoms with Crippen LogP contribution >= 0.6 is 527 Å². The third-order valence-electron chi connectivity index (χ3n) is 5.72. The highest BCUT2D eigenvalue weighted by Gasteiger charge is 2.62. The van der Waals surface area contributed by atoms with E-state index in [1.165, 1.54) is 0 Å². The lowest BCUT2D eigenvalue weighted by molar-refractivity contribution is 4.32. The Morgan fingerprint density at radius 2 is 0.212 bits per heavy atom. The van der Waals surface area contributed by atoms with Gasteiger partial charge in [-0.3, -0.25) is 0 Å². The Kier molecular flexibility index (Phi) is 73.7. The van der Waals surface area contributed by atoms with Gasteiger partial charge in [-0.15, -0.1) is 286 Å². The lowest BCUT2D eigenvalue weighted by Gasteiger charge is -2.61. The highest BCUT2D eigenvalue weighted by molar-refractivity contribution is 9.55. The molecule has 0 saturated heterocycles. The van der Waals surface area contributed by atoms with E-state index >= 15 is 0 Å². The van der Waals surface area contributed by atoms with E-state index in [-0.39, 0.29) is 217 Å². The Hall–Kier alpha value is 28.4. The maximum absolute atomic E-state index is 4.57. The average molecular weight is 2110 g/mol. The summed E-state index contributed by atoms with van der Waals surface area (Å²) in [5.41, 5.74) is 0. The van der Waals surface area contributed by atoms with Crippen molar-refractivity contribution in [1.29, 1.82) is 0 Å². The minimum Gasteiger partial charge on any atom is -0.102 e. The minimum atomic E-state index is -0.465. The van der Waals surface area contributed by atoms with Crippen molar-refractivity contribution < 1.29 is 0 Å². The number of hydrogen-bond acceptors (Lipinski definition) is 0. The van der Waals surface area contributed by atoms with Gasteiger partial charge in [-0.2, -0.15) is 0 Å². The fourth-order valence-electron chi connectivity index (χ4n) is 3.95. The molecule has 66 heavy (non-hydrogen) atoms. The van der Waals surface area contributed by atoms with Crippen molar-refractivity contribution in [2.24, 2.45) is 0 Å². The molecule has 0 aliphatic heterocycles. The molecule has 0 aromatic heterocycles. The second kappa shape index (κ2) is 51.5. The fourth-order valence-corrected chi connectivity index (χ4v) is 959. The molecule has 0 saturated carbocycles. The number of hydrogen-bond donors (Lipinski definition) is 0. The molecule has 0 fully saturated rings. The molecule has 36 atom stereocenters. The molecule has 0 amide bonds. The SMILES string of the molecule is [PH]P([PH])P(P(P)P)P(P(P)P)P(P(P(P)P)P(P)P)P(P(P(P(P)P)P(P)P)P(P(P)P)P(P)P)P(P(P(P(P)P)P(P)P)P(P(P)P)P(P)P)P(P(P(P)P)P(P)P)P(P(P)P)P(P)P. The summed E-state index contributed by atoms with van der Waals surface area (Å²) in [6.45, 7) is -9.41. The molecule has 0 spiro atoms. The largest absolute Gasteiger partial charge is 0.102 e.